The molecule has 38 heavy (non-hydrogen) atoms. The van der Waals surface area contributed by atoms with Crippen molar-refractivity contribution in [3.8, 4) is 11.8 Å². The quantitative estimate of drug-likeness (QED) is 0.113. The monoisotopic (exact) mass is 546 g/mol. The van der Waals surface area contributed by atoms with E-state index < -0.39 is 17.6 Å². The van der Waals surface area contributed by atoms with Gasteiger partial charge in [0.05, 0.1) is 65.8 Å². The van der Waals surface area contributed by atoms with E-state index in [0.717, 1.165) is 0 Å². The molecular formula is C24H42N4O10. The summed E-state index contributed by atoms with van der Waals surface area (Å²) in [5.74, 6) is -0.593. The molecule has 14 nitrogen and oxygen atoms in total. The number of amides is 2. The smallest absolute Gasteiger partial charge is 0.426 e. The first kappa shape index (κ1) is 33.1. The Morgan fingerprint density at radius 1 is 0.789 bits per heavy atom. The second-order valence-corrected chi connectivity index (χ2v) is 9.04. The van der Waals surface area contributed by atoms with Crippen LogP contribution in [0.3, 0.4) is 0 Å². The molecule has 1 heterocycles. The lowest BCUT2D eigenvalue weighted by Crippen LogP contribution is -2.44. The average molecular weight is 547 g/mol. The maximum absolute atomic E-state index is 11.8. The normalized spacial score (nSPS) is 11.3. The summed E-state index contributed by atoms with van der Waals surface area (Å²) in [6, 6.07) is 2.73. The molecule has 0 aromatic carbocycles. The number of hydrogen-bond donors (Lipinski definition) is 5. The summed E-state index contributed by atoms with van der Waals surface area (Å²) in [6.45, 7) is 8.98. The topological polar surface area (TPSA) is 179 Å². The van der Waals surface area contributed by atoms with Crippen LogP contribution in [0.15, 0.2) is 12.1 Å². The third kappa shape index (κ3) is 17.5. The first-order valence-electron chi connectivity index (χ1n) is 12.5. The lowest BCUT2D eigenvalue weighted by Gasteiger charge is -2.19. The molecule has 0 saturated carbocycles. The maximum atomic E-state index is 11.8. The van der Waals surface area contributed by atoms with Crippen LogP contribution in [0.2, 0.25) is 0 Å². The zero-order valence-electron chi connectivity index (χ0n) is 22.5. The van der Waals surface area contributed by atoms with E-state index in [0.29, 0.717) is 52.8 Å². The highest BCUT2D eigenvalue weighted by Crippen LogP contribution is 2.20. The minimum atomic E-state index is -0.735. The number of carbonyl (C=O) groups is 3. The third-order valence-electron chi connectivity index (χ3n) is 4.59. The number of hydrazine groups is 1. The van der Waals surface area contributed by atoms with E-state index in [1.165, 1.54) is 16.7 Å². The van der Waals surface area contributed by atoms with Gasteiger partial charge in [-0.2, -0.15) is 0 Å². The fourth-order valence-electron chi connectivity index (χ4n) is 2.79. The van der Waals surface area contributed by atoms with Gasteiger partial charge in [-0.1, -0.05) is 0 Å². The number of rotatable bonds is 20. The number of aromatic hydroxyl groups is 2. The van der Waals surface area contributed by atoms with Crippen molar-refractivity contribution < 1.29 is 48.3 Å². The average Bonchev–Trinajstić information content (AvgIpc) is 3.16. The van der Waals surface area contributed by atoms with Gasteiger partial charge in [0.1, 0.15) is 11.4 Å². The molecule has 0 atom stereocenters. The van der Waals surface area contributed by atoms with Crippen molar-refractivity contribution in [1.82, 2.24) is 20.7 Å². The first-order chi connectivity index (χ1) is 18.1. The number of aromatic nitrogens is 1. The number of ether oxygens (including phenoxy) is 5. The molecular weight excluding hydrogens is 504 g/mol. The predicted octanol–water partition coefficient (Wildman–Crippen LogP) is 0.461. The Kier molecular flexibility index (Phi) is 16.7. The molecule has 5 N–H and O–H groups in total. The van der Waals surface area contributed by atoms with Gasteiger partial charge in [0.25, 0.3) is 0 Å². The van der Waals surface area contributed by atoms with Crippen molar-refractivity contribution in [3.63, 3.8) is 0 Å². The Morgan fingerprint density at radius 3 is 1.87 bits per heavy atom. The van der Waals surface area contributed by atoms with E-state index in [4.69, 9.17) is 23.7 Å². The minimum absolute atomic E-state index is 0.0377. The largest absolute Gasteiger partial charge is 0.494 e. The Labute approximate surface area is 222 Å². The SMILES string of the molecule is CC(C)(C)OC(=O)NNC(=O)CCOCCOCCOCCOCCNCC(=O)CCn1c(O)ccc1O. The van der Waals surface area contributed by atoms with Crippen molar-refractivity contribution in [1.29, 1.82) is 0 Å². The minimum Gasteiger partial charge on any atom is -0.494 e. The Hall–Kier alpha value is -2.91. The molecule has 2 amide bonds. The van der Waals surface area contributed by atoms with Crippen LogP contribution in [0, 0.1) is 0 Å². The molecule has 0 aliphatic carbocycles. The van der Waals surface area contributed by atoms with Gasteiger partial charge in [0.15, 0.2) is 11.8 Å². The van der Waals surface area contributed by atoms with Crippen LogP contribution in [-0.4, -0.2) is 104 Å². The molecule has 0 spiro atoms. The van der Waals surface area contributed by atoms with Gasteiger partial charge >= 0.3 is 6.09 Å². The number of hydrogen-bond acceptors (Lipinski definition) is 11. The maximum Gasteiger partial charge on any atom is 0.426 e. The van der Waals surface area contributed by atoms with Gasteiger partial charge in [-0.15, -0.1) is 0 Å². The lowest BCUT2D eigenvalue weighted by molar-refractivity contribution is -0.123. The fraction of sp³-hybridized carbons (Fsp3) is 0.708. The number of nitrogens with one attached hydrogen (secondary N) is 3. The summed E-state index contributed by atoms with van der Waals surface area (Å²) >= 11 is 0. The molecule has 1 rings (SSSR count). The lowest BCUT2D eigenvalue weighted by atomic mass is 10.2. The van der Waals surface area contributed by atoms with Crippen LogP contribution in [0.1, 0.15) is 33.6 Å². The van der Waals surface area contributed by atoms with Crippen molar-refractivity contribution in [2.24, 2.45) is 0 Å². The molecule has 0 aliphatic rings. The van der Waals surface area contributed by atoms with E-state index in [1.807, 2.05) is 0 Å². The number of nitrogens with zero attached hydrogens (tertiary/aromatic N) is 1. The first-order valence-corrected chi connectivity index (χ1v) is 12.5. The highest BCUT2D eigenvalue weighted by molar-refractivity contribution is 5.80. The molecule has 0 aliphatic heterocycles. The van der Waals surface area contributed by atoms with E-state index in [1.54, 1.807) is 20.8 Å². The number of carbonyl (C=O) groups excluding carboxylic acids is 3. The van der Waals surface area contributed by atoms with Crippen LogP contribution in [0.25, 0.3) is 0 Å². The molecule has 14 heteroatoms. The van der Waals surface area contributed by atoms with E-state index in [2.05, 4.69) is 16.2 Å². The fourth-order valence-corrected chi connectivity index (χ4v) is 2.79. The Morgan fingerprint density at radius 2 is 1.32 bits per heavy atom. The van der Waals surface area contributed by atoms with Gasteiger partial charge in [0.2, 0.25) is 5.91 Å². The molecule has 1 aromatic rings. The molecule has 0 radical (unpaired) electrons. The van der Waals surface area contributed by atoms with Crippen LogP contribution < -0.4 is 16.2 Å². The molecule has 1 aromatic heterocycles. The number of Topliss-reactive ketones (excluding diaryl/α,β-unsaturated/α-hetero) is 1. The van der Waals surface area contributed by atoms with Crippen LogP contribution in [0.5, 0.6) is 11.8 Å². The molecule has 0 saturated heterocycles. The van der Waals surface area contributed by atoms with E-state index >= 15 is 0 Å². The van der Waals surface area contributed by atoms with Gasteiger partial charge in [-0.05, 0) is 20.8 Å². The standard InChI is InChI=1S/C24H42N4O10/c1-24(2,3)38-23(33)27-26-20(30)7-10-34-12-14-36-16-17-37-15-13-35-11-8-25-18-19(29)6-9-28-21(31)4-5-22(28)32/h4-5,25,31-32H,6-18H2,1-3H3,(H,26,30)(H,27,33). The van der Waals surface area contributed by atoms with Crippen molar-refractivity contribution >= 4 is 17.8 Å². The van der Waals surface area contributed by atoms with Crippen molar-refractivity contribution in [3.05, 3.63) is 12.1 Å². The Bertz CT molecular complexity index is 806. The van der Waals surface area contributed by atoms with E-state index in [9.17, 15) is 24.6 Å². The molecule has 218 valence electrons. The van der Waals surface area contributed by atoms with Gasteiger partial charge in [0, 0.05) is 31.6 Å². The number of ketones is 1. The van der Waals surface area contributed by atoms with Crippen LogP contribution >= 0.6 is 0 Å². The second-order valence-electron chi connectivity index (χ2n) is 9.04. The summed E-state index contributed by atoms with van der Waals surface area (Å²) in [5.41, 5.74) is 3.75. The van der Waals surface area contributed by atoms with Crippen LogP contribution in [-0.2, 0) is 39.8 Å². The molecule has 0 bridgehead atoms. The van der Waals surface area contributed by atoms with Gasteiger partial charge in [-0.25, -0.2) is 10.2 Å². The molecule has 0 fully saturated rings. The zero-order chi connectivity index (χ0) is 28.2. The van der Waals surface area contributed by atoms with Crippen molar-refractivity contribution in [2.45, 2.75) is 45.8 Å². The highest BCUT2D eigenvalue weighted by atomic mass is 16.6. The zero-order valence-corrected chi connectivity index (χ0v) is 22.5. The second kappa shape index (κ2) is 19.2. The molecule has 0 unspecified atom stereocenters. The highest BCUT2D eigenvalue weighted by Gasteiger charge is 2.16. The van der Waals surface area contributed by atoms with Crippen molar-refractivity contribution in [2.75, 3.05) is 65.9 Å². The third-order valence-corrected chi connectivity index (χ3v) is 4.59. The predicted molar refractivity (Wildman–Crippen MR) is 136 cm³/mol. The summed E-state index contributed by atoms with van der Waals surface area (Å²) < 4.78 is 27.7. The summed E-state index contributed by atoms with van der Waals surface area (Å²) in [7, 11) is 0. The summed E-state index contributed by atoms with van der Waals surface area (Å²) in [4.78, 5) is 34.9. The van der Waals surface area contributed by atoms with E-state index in [-0.39, 0.29) is 50.1 Å². The summed E-state index contributed by atoms with van der Waals surface area (Å²) in [5, 5.41) is 22.1. The van der Waals surface area contributed by atoms with Crippen LogP contribution in [0.4, 0.5) is 4.79 Å². The van der Waals surface area contributed by atoms with Gasteiger partial charge < -0.3 is 39.2 Å². The Balaban J connectivity index is 1.81. The van der Waals surface area contributed by atoms with Gasteiger partial charge in [-0.3, -0.25) is 19.6 Å². The summed E-state index contributed by atoms with van der Waals surface area (Å²) in [6.07, 6.45) is -0.463.